The Balaban J connectivity index is 1.23. The molecule has 3 aliphatic rings. The Bertz CT molecular complexity index is 1210. The minimum absolute atomic E-state index is 0.256. The molecule has 4 heterocycles. The van der Waals surface area contributed by atoms with Crippen molar-refractivity contribution >= 4 is 28.7 Å². The van der Waals surface area contributed by atoms with Crippen LogP contribution >= 0.6 is 12.2 Å². The van der Waals surface area contributed by atoms with Gasteiger partial charge in [0.05, 0.1) is 5.69 Å². The van der Waals surface area contributed by atoms with Crippen LogP contribution in [0.3, 0.4) is 0 Å². The van der Waals surface area contributed by atoms with Crippen LogP contribution in [0.15, 0.2) is 54.6 Å². The molecule has 0 saturated carbocycles. The van der Waals surface area contributed by atoms with E-state index in [9.17, 15) is 4.39 Å². The summed E-state index contributed by atoms with van der Waals surface area (Å²) < 4.78 is 13.1. The van der Waals surface area contributed by atoms with Crippen LogP contribution in [0.2, 0.25) is 0 Å². The lowest BCUT2D eigenvalue weighted by Crippen LogP contribution is -2.56. The van der Waals surface area contributed by atoms with Crippen molar-refractivity contribution in [1.29, 1.82) is 0 Å². The third-order valence-electron chi connectivity index (χ3n) is 7.40. The highest BCUT2D eigenvalue weighted by atomic mass is 32.1. The molecule has 2 N–H and O–H groups in total. The second-order valence-corrected chi connectivity index (χ2v) is 10.5. The largest absolute Gasteiger partial charge is 0.378 e. The lowest BCUT2D eigenvalue weighted by molar-refractivity contribution is 0.0314. The fourth-order valence-electron chi connectivity index (χ4n) is 5.46. The van der Waals surface area contributed by atoms with Crippen molar-refractivity contribution in [3.63, 3.8) is 0 Å². The molecule has 3 aliphatic heterocycles. The van der Waals surface area contributed by atoms with Gasteiger partial charge >= 0.3 is 0 Å². The van der Waals surface area contributed by atoms with Crippen LogP contribution in [0.25, 0.3) is 11.3 Å². The predicted octanol–water partition coefficient (Wildman–Crippen LogP) is 4.82. The van der Waals surface area contributed by atoms with Gasteiger partial charge in [-0.3, -0.25) is 4.90 Å². The molecule has 0 amide bonds. The van der Waals surface area contributed by atoms with E-state index in [0.717, 1.165) is 54.5 Å². The zero-order valence-corrected chi connectivity index (χ0v) is 21.9. The molecule has 3 fully saturated rings. The Labute approximate surface area is 217 Å². The van der Waals surface area contributed by atoms with Crippen LogP contribution in [0.1, 0.15) is 30.3 Å². The Morgan fingerprint density at radius 1 is 1.11 bits per heavy atom. The van der Waals surface area contributed by atoms with Crippen LogP contribution in [0.5, 0.6) is 0 Å². The van der Waals surface area contributed by atoms with E-state index in [4.69, 9.17) is 22.2 Å². The summed E-state index contributed by atoms with van der Waals surface area (Å²) in [6, 6.07) is 17.4. The van der Waals surface area contributed by atoms with E-state index in [1.807, 2.05) is 21.0 Å². The molecule has 1 unspecified atom stereocenters. The van der Waals surface area contributed by atoms with Gasteiger partial charge in [-0.05, 0) is 86.9 Å². The molecule has 2 bridgehead atoms. The number of nitrogens with zero attached hydrogens (tertiary/aromatic N) is 4. The number of aryl methyl sites for hydroxylation is 1. The predicted molar refractivity (Wildman–Crippen MR) is 148 cm³/mol. The van der Waals surface area contributed by atoms with Crippen molar-refractivity contribution in [2.75, 3.05) is 43.9 Å². The van der Waals surface area contributed by atoms with Crippen molar-refractivity contribution < 1.29 is 4.39 Å². The second kappa shape index (κ2) is 10.5. The van der Waals surface area contributed by atoms with E-state index in [0.29, 0.717) is 23.0 Å². The molecule has 6 nitrogen and oxygen atoms in total. The van der Waals surface area contributed by atoms with Gasteiger partial charge < -0.3 is 15.5 Å². The van der Waals surface area contributed by atoms with Gasteiger partial charge in [-0.25, -0.2) is 14.4 Å². The number of nitrogens with one attached hydrogen (secondary N) is 2. The molecule has 36 heavy (non-hydrogen) atoms. The zero-order chi connectivity index (χ0) is 25.2. The van der Waals surface area contributed by atoms with Crippen LogP contribution < -0.4 is 15.5 Å². The molecule has 3 saturated heterocycles. The highest BCUT2D eigenvalue weighted by Crippen LogP contribution is 2.41. The van der Waals surface area contributed by atoms with Gasteiger partial charge in [0.1, 0.15) is 11.6 Å². The lowest BCUT2D eigenvalue weighted by Gasteiger charge is -2.49. The number of benzene rings is 2. The summed E-state index contributed by atoms with van der Waals surface area (Å²) in [5.41, 5.74) is 5.23. The first-order valence-electron chi connectivity index (χ1n) is 12.5. The van der Waals surface area contributed by atoms with Crippen molar-refractivity contribution in [3.05, 3.63) is 71.9 Å². The summed E-state index contributed by atoms with van der Waals surface area (Å²) in [6.07, 6.45) is 2.31. The Morgan fingerprint density at radius 2 is 1.86 bits per heavy atom. The number of anilines is 2. The second-order valence-electron chi connectivity index (χ2n) is 10.0. The molecule has 0 spiro atoms. The van der Waals surface area contributed by atoms with E-state index >= 15 is 0 Å². The number of aromatic nitrogens is 2. The molecule has 3 aromatic rings. The fraction of sp³-hybridized carbons (Fsp3) is 0.393. The maximum Gasteiger partial charge on any atom is 0.170 e. The molecule has 1 aromatic heterocycles. The molecule has 0 radical (unpaired) electrons. The maximum atomic E-state index is 13.1. The summed E-state index contributed by atoms with van der Waals surface area (Å²) in [7, 11) is 4.10. The monoisotopic (exact) mass is 504 g/mol. The van der Waals surface area contributed by atoms with Crippen molar-refractivity contribution in [1.82, 2.24) is 20.2 Å². The highest BCUT2D eigenvalue weighted by Gasteiger charge is 2.41. The Hall–Kier alpha value is -3.10. The third-order valence-corrected chi connectivity index (χ3v) is 7.64. The van der Waals surface area contributed by atoms with Crippen LogP contribution in [-0.4, -0.2) is 59.8 Å². The van der Waals surface area contributed by atoms with E-state index in [1.165, 1.54) is 24.2 Å². The van der Waals surface area contributed by atoms with Crippen molar-refractivity contribution in [3.8, 4) is 11.3 Å². The van der Waals surface area contributed by atoms with Gasteiger partial charge in [0.2, 0.25) is 0 Å². The smallest absolute Gasteiger partial charge is 0.170 e. The quantitative estimate of drug-likeness (QED) is 0.467. The van der Waals surface area contributed by atoms with Gasteiger partial charge in [-0.1, -0.05) is 12.1 Å². The van der Waals surface area contributed by atoms with Crippen LogP contribution in [0.4, 0.5) is 15.8 Å². The Kier molecular flexibility index (Phi) is 7.16. The topological polar surface area (TPSA) is 56.3 Å². The minimum atomic E-state index is -0.256. The number of hydrogen-bond donors (Lipinski definition) is 2. The summed E-state index contributed by atoms with van der Waals surface area (Å²) in [4.78, 5) is 14.3. The van der Waals surface area contributed by atoms with Crippen molar-refractivity contribution in [2.24, 2.45) is 5.92 Å². The number of piperidine rings is 3. The van der Waals surface area contributed by atoms with Crippen LogP contribution in [-0.2, 0) is 0 Å². The number of thiocarbonyl (C=S) groups is 1. The summed E-state index contributed by atoms with van der Waals surface area (Å²) in [5, 5.41) is 7.07. The van der Waals surface area contributed by atoms with E-state index in [2.05, 4.69) is 50.8 Å². The molecule has 188 valence electrons. The van der Waals surface area contributed by atoms with Gasteiger partial charge in [0.25, 0.3) is 0 Å². The number of hydrogen-bond acceptors (Lipinski definition) is 5. The fourth-order valence-corrected chi connectivity index (χ4v) is 5.66. The average molecular weight is 505 g/mol. The summed E-state index contributed by atoms with van der Waals surface area (Å²) >= 11 is 5.47. The van der Waals surface area contributed by atoms with E-state index in [1.54, 1.807) is 12.1 Å². The molecule has 6 rings (SSSR count). The molecule has 8 heteroatoms. The molecule has 4 atom stereocenters. The molecular formula is C28H33FN6S. The average Bonchev–Trinajstić information content (AvgIpc) is 2.89. The summed E-state index contributed by atoms with van der Waals surface area (Å²) in [5.74, 6) is 1.58. The van der Waals surface area contributed by atoms with Gasteiger partial charge in [-0.2, -0.15) is 0 Å². The highest BCUT2D eigenvalue weighted by molar-refractivity contribution is 7.80. The van der Waals surface area contributed by atoms with Gasteiger partial charge in [0, 0.05) is 61.8 Å². The van der Waals surface area contributed by atoms with Crippen molar-refractivity contribution in [2.45, 2.75) is 31.7 Å². The minimum Gasteiger partial charge on any atom is -0.378 e. The van der Waals surface area contributed by atoms with Crippen LogP contribution in [0, 0.1) is 18.7 Å². The first-order chi connectivity index (χ1) is 17.4. The number of rotatable bonds is 6. The van der Waals surface area contributed by atoms with E-state index < -0.39 is 0 Å². The molecular weight excluding hydrogens is 471 g/mol. The van der Waals surface area contributed by atoms with Gasteiger partial charge in [-0.15, -0.1) is 0 Å². The Morgan fingerprint density at radius 3 is 2.53 bits per heavy atom. The molecule has 0 aliphatic carbocycles. The number of halogens is 1. The standard InChI is InChI=1S/C28H33FN6S/c1-18-31-26(19-4-10-23(11-5-19)34(2)3)15-27(32-18)25-17-35-13-12-20(25)14-24(35)16-30-28(36)33-22-8-6-21(29)7-9-22/h4-11,15,20,24-25H,12-14,16-17H2,1-3H3,(H2,30,33,36)/t20-,24+,25-/m0/s1. The molecule has 2 aromatic carbocycles. The maximum absolute atomic E-state index is 13.1. The van der Waals surface area contributed by atoms with Gasteiger partial charge in [0.15, 0.2) is 5.11 Å². The third kappa shape index (κ3) is 5.50. The first kappa shape index (κ1) is 24.6. The lowest BCUT2D eigenvalue weighted by atomic mass is 9.74. The number of fused-ring (bicyclic) bond motifs is 3. The zero-order valence-electron chi connectivity index (χ0n) is 21.0. The van der Waals surface area contributed by atoms with E-state index in [-0.39, 0.29) is 5.82 Å². The normalized spacial score (nSPS) is 22.8. The summed E-state index contributed by atoms with van der Waals surface area (Å²) in [6.45, 7) is 4.89. The SMILES string of the molecule is Cc1nc(-c2ccc(N(C)C)cc2)cc([C@H]2CN3CC[C@H]2C[C@@H]3CNC(=S)Nc2ccc(F)cc2)n1. The first-order valence-corrected chi connectivity index (χ1v) is 12.9.